The molecular formula is C24H23F3N6O2. The van der Waals surface area contributed by atoms with Crippen LogP contribution in [0.1, 0.15) is 36.1 Å². The highest BCUT2D eigenvalue weighted by Gasteiger charge is 2.32. The van der Waals surface area contributed by atoms with Crippen molar-refractivity contribution in [1.29, 1.82) is 0 Å². The van der Waals surface area contributed by atoms with Crippen molar-refractivity contribution >= 4 is 34.2 Å². The molecule has 1 saturated heterocycles. The number of benzene rings is 2. The SMILES string of the molecule is Cc1cnc(Nc2cc(C(C)N3CCC3)cc(C(F)(F)F)c2)nc1Nc1ccc2oc(=O)[nH]c2c1. The van der Waals surface area contributed by atoms with Crippen molar-refractivity contribution in [3.05, 3.63) is 69.8 Å². The minimum absolute atomic E-state index is 0.132. The van der Waals surface area contributed by atoms with Crippen LogP contribution in [0.3, 0.4) is 0 Å². The first-order valence-electron chi connectivity index (χ1n) is 11.1. The largest absolute Gasteiger partial charge is 0.417 e. The molecule has 1 aliphatic heterocycles. The fourth-order valence-electron chi connectivity index (χ4n) is 3.99. The summed E-state index contributed by atoms with van der Waals surface area (Å²) < 4.78 is 45.8. The number of aromatic nitrogens is 3. The van der Waals surface area contributed by atoms with Crippen molar-refractivity contribution in [3.63, 3.8) is 0 Å². The van der Waals surface area contributed by atoms with E-state index in [1.165, 1.54) is 6.07 Å². The second-order valence-electron chi connectivity index (χ2n) is 8.61. The Bertz CT molecular complexity index is 1440. The number of hydrogen-bond donors (Lipinski definition) is 3. The highest BCUT2D eigenvalue weighted by Crippen LogP contribution is 2.36. The summed E-state index contributed by atoms with van der Waals surface area (Å²) in [7, 11) is 0. The molecule has 0 bridgehead atoms. The quantitative estimate of drug-likeness (QED) is 0.333. The molecule has 0 amide bonds. The number of halogens is 3. The number of nitrogens with one attached hydrogen (secondary N) is 3. The van der Waals surface area contributed by atoms with Crippen LogP contribution < -0.4 is 16.4 Å². The molecule has 3 heterocycles. The Morgan fingerprint density at radius 1 is 1.11 bits per heavy atom. The predicted molar refractivity (Wildman–Crippen MR) is 126 cm³/mol. The monoisotopic (exact) mass is 484 g/mol. The van der Waals surface area contributed by atoms with Gasteiger partial charge in [0.1, 0.15) is 5.82 Å². The lowest BCUT2D eigenvalue weighted by molar-refractivity contribution is -0.137. The molecule has 1 atom stereocenters. The highest BCUT2D eigenvalue weighted by atomic mass is 19.4. The van der Waals surface area contributed by atoms with Crippen LogP contribution in [0.15, 0.2) is 51.8 Å². The number of nitrogens with zero attached hydrogens (tertiary/aromatic N) is 3. The summed E-state index contributed by atoms with van der Waals surface area (Å²) in [5.74, 6) is 0.0670. The van der Waals surface area contributed by atoms with Gasteiger partial charge in [-0.25, -0.2) is 9.78 Å². The van der Waals surface area contributed by atoms with E-state index >= 15 is 0 Å². The van der Waals surface area contributed by atoms with Crippen LogP contribution in [0.4, 0.5) is 36.3 Å². The van der Waals surface area contributed by atoms with E-state index in [0.29, 0.717) is 28.2 Å². The molecular weight excluding hydrogens is 461 g/mol. The van der Waals surface area contributed by atoms with Crippen LogP contribution in [-0.4, -0.2) is 32.9 Å². The van der Waals surface area contributed by atoms with Crippen LogP contribution >= 0.6 is 0 Å². The van der Waals surface area contributed by atoms with Crippen molar-refractivity contribution in [2.75, 3.05) is 23.7 Å². The summed E-state index contributed by atoms with van der Waals surface area (Å²) in [4.78, 5) is 24.8. The summed E-state index contributed by atoms with van der Waals surface area (Å²) in [6.07, 6.45) is -1.85. The number of rotatable bonds is 6. The third-order valence-electron chi connectivity index (χ3n) is 6.11. The molecule has 182 valence electrons. The number of aryl methyl sites for hydroxylation is 1. The molecule has 2 aromatic heterocycles. The fraction of sp³-hybridized carbons (Fsp3) is 0.292. The molecule has 1 aliphatic rings. The molecule has 4 aromatic rings. The van der Waals surface area contributed by atoms with Gasteiger partial charge in [-0.15, -0.1) is 0 Å². The van der Waals surface area contributed by atoms with Gasteiger partial charge in [0, 0.05) is 29.2 Å². The maximum absolute atomic E-state index is 13.6. The first-order valence-corrected chi connectivity index (χ1v) is 11.1. The topological polar surface area (TPSA) is 99.1 Å². The highest BCUT2D eigenvalue weighted by molar-refractivity contribution is 5.78. The number of oxazole rings is 1. The first kappa shape index (κ1) is 22.9. The summed E-state index contributed by atoms with van der Waals surface area (Å²) >= 11 is 0. The third-order valence-corrected chi connectivity index (χ3v) is 6.11. The minimum Gasteiger partial charge on any atom is -0.408 e. The molecule has 3 N–H and O–H groups in total. The van der Waals surface area contributed by atoms with Crippen molar-refractivity contribution in [3.8, 4) is 0 Å². The predicted octanol–water partition coefficient (Wildman–Crippen LogP) is 5.49. The van der Waals surface area contributed by atoms with Gasteiger partial charge in [-0.05, 0) is 75.3 Å². The van der Waals surface area contributed by atoms with Gasteiger partial charge in [-0.3, -0.25) is 9.88 Å². The third kappa shape index (κ3) is 4.85. The van der Waals surface area contributed by atoms with Crippen LogP contribution in [0.5, 0.6) is 0 Å². The van der Waals surface area contributed by atoms with Crippen molar-refractivity contribution in [2.24, 2.45) is 0 Å². The Labute approximate surface area is 198 Å². The smallest absolute Gasteiger partial charge is 0.408 e. The van der Waals surface area contributed by atoms with Gasteiger partial charge in [0.05, 0.1) is 11.1 Å². The van der Waals surface area contributed by atoms with Crippen LogP contribution in [-0.2, 0) is 6.18 Å². The van der Waals surface area contributed by atoms with Crippen LogP contribution in [0.25, 0.3) is 11.1 Å². The Hall–Kier alpha value is -3.86. The standard InChI is InChI=1S/C24H23F3N6O2/c1-13-12-28-22(32-21(13)29-17-4-5-20-19(11-17)31-23(34)35-20)30-18-9-15(14(2)33-6-3-7-33)8-16(10-18)24(25,26)27/h4-5,8-12,14H,3,6-7H2,1-2H3,(H,31,34)(H2,28,29,30,32). The zero-order chi connectivity index (χ0) is 24.7. The number of aromatic amines is 1. The van der Waals surface area contributed by atoms with Gasteiger partial charge < -0.3 is 15.1 Å². The van der Waals surface area contributed by atoms with E-state index in [0.717, 1.165) is 31.1 Å². The Balaban J connectivity index is 1.43. The minimum atomic E-state index is -4.48. The number of hydrogen-bond acceptors (Lipinski definition) is 7. The van der Waals surface area contributed by atoms with Gasteiger partial charge in [0.2, 0.25) is 5.95 Å². The molecule has 5 rings (SSSR count). The lowest BCUT2D eigenvalue weighted by Crippen LogP contribution is -2.39. The Kier molecular flexibility index (Phi) is 5.72. The average molecular weight is 484 g/mol. The molecule has 0 radical (unpaired) electrons. The van der Waals surface area contributed by atoms with Gasteiger partial charge in [-0.2, -0.15) is 18.2 Å². The fourth-order valence-corrected chi connectivity index (χ4v) is 3.99. The second-order valence-corrected chi connectivity index (χ2v) is 8.61. The Morgan fingerprint density at radius 2 is 1.91 bits per heavy atom. The van der Waals surface area contributed by atoms with Gasteiger partial charge >= 0.3 is 11.9 Å². The maximum Gasteiger partial charge on any atom is 0.417 e. The lowest BCUT2D eigenvalue weighted by Gasteiger charge is -2.37. The number of H-pyrrole nitrogens is 1. The van der Waals surface area contributed by atoms with Crippen molar-refractivity contribution < 1.29 is 17.6 Å². The van der Waals surface area contributed by atoms with E-state index in [4.69, 9.17) is 4.42 Å². The van der Waals surface area contributed by atoms with E-state index in [1.807, 2.05) is 13.8 Å². The number of alkyl halides is 3. The van der Waals surface area contributed by atoms with Crippen LogP contribution in [0, 0.1) is 6.92 Å². The summed E-state index contributed by atoms with van der Waals surface area (Å²) in [5.41, 5.74) is 2.44. The second kappa shape index (κ2) is 8.73. The normalized spacial score (nSPS) is 15.1. The molecule has 0 spiro atoms. The van der Waals surface area contributed by atoms with Crippen molar-refractivity contribution in [2.45, 2.75) is 32.5 Å². The maximum atomic E-state index is 13.6. The molecule has 1 fully saturated rings. The first-order chi connectivity index (χ1) is 16.7. The molecule has 8 nitrogen and oxygen atoms in total. The summed E-state index contributed by atoms with van der Waals surface area (Å²) in [6, 6.07) is 8.91. The molecule has 0 aliphatic carbocycles. The summed E-state index contributed by atoms with van der Waals surface area (Å²) in [6.45, 7) is 5.46. The van der Waals surface area contributed by atoms with E-state index < -0.39 is 17.5 Å². The zero-order valence-corrected chi connectivity index (χ0v) is 19.0. The van der Waals surface area contributed by atoms with E-state index in [-0.39, 0.29) is 17.7 Å². The van der Waals surface area contributed by atoms with E-state index in [9.17, 15) is 18.0 Å². The number of likely N-dealkylation sites (tertiary alicyclic amines) is 1. The number of fused-ring (bicyclic) bond motifs is 1. The molecule has 1 unspecified atom stereocenters. The lowest BCUT2D eigenvalue weighted by atomic mass is 10.00. The Morgan fingerprint density at radius 3 is 2.63 bits per heavy atom. The number of anilines is 4. The van der Waals surface area contributed by atoms with Gasteiger partial charge in [0.25, 0.3) is 0 Å². The van der Waals surface area contributed by atoms with Gasteiger partial charge in [0.15, 0.2) is 5.58 Å². The molecule has 35 heavy (non-hydrogen) atoms. The molecule has 0 saturated carbocycles. The zero-order valence-electron chi connectivity index (χ0n) is 19.0. The van der Waals surface area contributed by atoms with E-state index in [2.05, 4.69) is 30.5 Å². The summed E-state index contributed by atoms with van der Waals surface area (Å²) in [5, 5.41) is 6.08. The molecule has 2 aromatic carbocycles. The van der Waals surface area contributed by atoms with Gasteiger partial charge in [-0.1, -0.05) is 0 Å². The molecule has 11 heteroatoms. The van der Waals surface area contributed by atoms with Crippen molar-refractivity contribution in [1.82, 2.24) is 19.9 Å². The van der Waals surface area contributed by atoms with E-state index in [1.54, 1.807) is 30.5 Å². The van der Waals surface area contributed by atoms with Crippen LogP contribution in [0.2, 0.25) is 0 Å². The average Bonchev–Trinajstić information content (AvgIpc) is 3.13.